The third kappa shape index (κ3) is 1.87. The van der Waals surface area contributed by atoms with Crippen LogP contribution in [0.25, 0.3) is 0 Å². The maximum Gasteiger partial charge on any atom is 0.164 e. The fourth-order valence-electron chi connectivity index (χ4n) is 3.19. The molecule has 1 aliphatic carbocycles. The van der Waals surface area contributed by atoms with Gasteiger partial charge in [-0.1, -0.05) is 18.9 Å². The van der Waals surface area contributed by atoms with Gasteiger partial charge < -0.3 is 15.2 Å². The second-order valence-electron chi connectivity index (χ2n) is 5.48. The summed E-state index contributed by atoms with van der Waals surface area (Å²) < 4.78 is 11.6. The number of hydrogen-bond donors (Lipinski definition) is 1. The van der Waals surface area contributed by atoms with Crippen LogP contribution >= 0.6 is 0 Å². The molecule has 3 heteroatoms. The van der Waals surface area contributed by atoms with Crippen LogP contribution in [0, 0.1) is 6.92 Å². The van der Waals surface area contributed by atoms with E-state index in [1.54, 1.807) is 0 Å². The lowest BCUT2D eigenvalue weighted by atomic mass is 9.86. The monoisotopic (exact) mass is 247 g/mol. The first-order valence-electron chi connectivity index (χ1n) is 6.89. The van der Waals surface area contributed by atoms with E-state index in [0.717, 1.165) is 44.0 Å². The van der Waals surface area contributed by atoms with Crippen LogP contribution < -0.4 is 15.2 Å². The first-order chi connectivity index (χ1) is 8.71. The molecule has 1 heterocycles. The fourth-order valence-corrected chi connectivity index (χ4v) is 3.19. The quantitative estimate of drug-likeness (QED) is 0.830. The van der Waals surface area contributed by atoms with Crippen molar-refractivity contribution >= 4 is 0 Å². The number of rotatable bonds is 1. The molecule has 0 amide bonds. The minimum absolute atomic E-state index is 0.158. The Morgan fingerprint density at radius 3 is 2.56 bits per heavy atom. The van der Waals surface area contributed by atoms with Gasteiger partial charge in [0, 0.05) is 12.0 Å². The molecule has 1 saturated carbocycles. The highest BCUT2D eigenvalue weighted by Gasteiger charge is 2.34. The molecule has 0 radical (unpaired) electrons. The lowest BCUT2D eigenvalue weighted by Gasteiger charge is -2.27. The van der Waals surface area contributed by atoms with Gasteiger partial charge in [-0.2, -0.15) is 0 Å². The van der Waals surface area contributed by atoms with Gasteiger partial charge in [0.05, 0.1) is 13.2 Å². The Morgan fingerprint density at radius 2 is 1.78 bits per heavy atom. The number of nitrogens with two attached hydrogens (primary N) is 1. The first-order valence-corrected chi connectivity index (χ1v) is 6.89. The Labute approximate surface area is 108 Å². The average Bonchev–Trinajstić information content (AvgIpc) is 2.65. The highest BCUT2D eigenvalue weighted by molar-refractivity contribution is 5.52. The molecule has 3 nitrogen and oxygen atoms in total. The van der Waals surface area contributed by atoms with Crippen molar-refractivity contribution in [1.82, 2.24) is 0 Å². The summed E-state index contributed by atoms with van der Waals surface area (Å²) >= 11 is 0. The normalized spacial score (nSPS) is 21.7. The zero-order valence-corrected chi connectivity index (χ0v) is 11.0. The summed E-state index contributed by atoms with van der Waals surface area (Å²) in [6, 6.07) is 4.16. The minimum atomic E-state index is -0.158. The molecule has 0 atom stereocenters. The Morgan fingerprint density at radius 1 is 1.06 bits per heavy atom. The summed E-state index contributed by atoms with van der Waals surface area (Å²) in [5, 5.41) is 0. The molecule has 1 fully saturated rings. The van der Waals surface area contributed by atoms with Crippen molar-refractivity contribution in [2.24, 2.45) is 5.73 Å². The van der Waals surface area contributed by atoms with Gasteiger partial charge in [-0.05, 0) is 37.0 Å². The van der Waals surface area contributed by atoms with E-state index < -0.39 is 0 Å². The molecule has 2 aliphatic rings. The fraction of sp³-hybridized carbons (Fsp3) is 0.600. The van der Waals surface area contributed by atoms with Crippen LogP contribution in [0.3, 0.4) is 0 Å². The summed E-state index contributed by atoms with van der Waals surface area (Å²) in [4.78, 5) is 0. The Kier molecular flexibility index (Phi) is 2.94. The Hall–Kier alpha value is -1.22. The number of hydrogen-bond acceptors (Lipinski definition) is 3. The maximum absolute atomic E-state index is 6.56. The van der Waals surface area contributed by atoms with E-state index in [1.165, 1.54) is 24.0 Å². The Bertz CT molecular complexity index is 450. The molecule has 98 valence electrons. The van der Waals surface area contributed by atoms with Gasteiger partial charge in [0.1, 0.15) is 0 Å². The number of ether oxygens (including phenoxy) is 2. The molecule has 1 aromatic carbocycles. The van der Waals surface area contributed by atoms with Crippen molar-refractivity contribution in [3.05, 3.63) is 23.3 Å². The molecule has 1 aromatic rings. The second-order valence-corrected chi connectivity index (χ2v) is 5.48. The van der Waals surface area contributed by atoms with Crippen molar-refractivity contribution in [3.8, 4) is 11.5 Å². The molecule has 0 unspecified atom stereocenters. The number of fused-ring (bicyclic) bond motifs is 1. The van der Waals surface area contributed by atoms with Crippen LogP contribution in [0.1, 0.15) is 43.2 Å². The van der Waals surface area contributed by atoms with Crippen molar-refractivity contribution in [1.29, 1.82) is 0 Å². The molecular formula is C15H21NO2. The molecule has 0 aromatic heterocycles. The van der Waals surface area contributed by atoms with Crippen molar-refractivity contribution in [2.45, 2.75) is 44.6 Å². The van der Waals surface area contributed by atoms with E-state index in [9.17, 15) is 0 Å². The molecule has 18 heavy (non-hydrogen) atoms. The average molecular weight is 247 g/mol. The van der Waals surface area contributed by atoms with Crippen LogP contribution in [0.15, 0.2) is 12.1 Å². The van der Waals surface area contributed by atoms with Gasteiger partial charge in [-0.3, -0.25) is 0 Å². The summed E-state index contributed by atoms with van der Waals surface area (Å²) in [6.45, 7) is 3.57. The highest BCUT2D eigenvalue weighted by Crippen LogP contribution is 2.43. The van der Waals surface area contributed by atoms with E-state index in [-0.39, 0.29) is 5.54 Å². The van der Waals surface area contributed by atoms with E-state index in [4.69, 9.17) is 15.2 Å². The molecule has 0 bridgehead atoms. The predicted octanol–water partition coefficient (Wildman–Crippen LogP) is 2.88. The molecule has 0 spiro atoms. The van der Waals surface area contributed by atoms with Crippen LogP contribution in [-0.2, 0) is 5.54 Å². The molecule has 1 aliphatic heterocycles. The van der Waals surface area contributed by atoms with Crippen molar-refractivity contribution in [3.63, 3.8) is 0 Å². The maximum atomic E-state index is 6.56. The van der Waals surface area contributed by atoms with E-state index in [2.05, 4.69) is 13.0 Å². The zero-order valence-electron chi connectivity index (χ0n) is 11.0. The minimum Gasteiger partial charge on any atom is -0.490 e. The summed E-state index contributed by atoms with van der Waals surface area (Å²) in [5.74, 6) is 1.78. The highest BCUT2D eigenvalue weighted by atomic mass is 16.5. The third-order valence-electron chi connectivity index (χ3n) is 4.19. The van der Waals surface area contributed by atoms with Crippen LogP contribution in [-0.4, -0.2) is 13.2 Å². The van der Waals surface area contributed by atoms with E-state index in [1.807, 2.05) is 6.07 Å². The lowest BCUT2D eigenvalue weighted by Crippen LogP contribution is -2.34. The largest absolute Gasteiger partial charge is 0.490 e. The van der Waals surface area contributed by atoms with Gasteiger partial charge in [-0.15, -0.1) is 0 Å². The third-order valence-corrected chi connectivity index (χ3v) is 4.19. The summed E-state index contributed by atoms with van der Waals surface area (Å²) in [5.41, 5.74) is 8.80. The topological polar surface area (TPSA) is 44.5 Å². The lowest BCUT2D eigenvalue weighted by molar-refractivity contribution is 0.296. The van der Waals surface area contributed by atoms with Gasteiger partial charge in [0.2, 0.25) is 0 Å². The summed E-state index contributed by atoms with van der Waals surface area (Å²) in [7, 11) is 0. The van der Waals surface area contributed by atoms with Gasteiger partial charge >= 0.3 is 0 Å². The van der Waals surface area contributed by atoms with Gasteiger partial charge in [-0.25, -0.2) is 0 Å². The second kappa shape index (κ2) is 4.47. The smallest absolute Gasteiger partial charge is 0.164 e. The van der Waals surface area contributed by atoms with E-state index in [0.29, 0.717) is 0 Å². The molecular weight excluding hydrogens is 226 g/mol. The van der Waals surface area contributed by atoms with Gasteiger partial charge in [0.25, 0.3) is 0 Å². The van der Waals surface area contributed by atoms with Crippen molar-refractivity contribution < 1.29 is 9.47 Å². The first kappa shape index (κ1) is 11.8. The molecule has 0 saturated heterocycles. The van der Waals surface area contributed by atoms with Crippen LogP contribution in [0.2, 0.25) is 0 Å². The predicted molar refractivity (Wildman–Crippen MR) is 71.1 cm³/mol. The molecule has 3 rings (SSSR count). The van der Waals surface area contributed by atoms with E-state index >= 15 is 0 Å². The standard InChI is InChI=1S/C15H21NO2/c1-11-12(15(16)7-2-3-8-15)5-6-13-14(11)18-10-4-9-17-13/h5-6H,2-4,7-10,16H2,1H3. The van der Waals surface area contributed by atoms with Crippen molar-refractivity contribution in [2.75, 3.05) is 13.2 Å². The molecule has 2 N–H and O–H groups in total. The van der Waals surface area contributed by atoms with Gasteiger partial charge in [0.15, 0.2) is 11.5 Å². The SMILES string of the molecule is Cc1c(C2(N)CCCC2)ccc2c1OCCCO2. The van der Waals surface area contributed by atoms with Crippen LogP contribution in [0.5, 0.6) is 11.5 Å². The summed E-state index contributed by atoms with van der Waals surface area (Å²) in [6.07, 6.45) is 5.55. The number of benzene rings is 1. The van der Waals surface area contributed by atoms with Crippen LogP contribution in [0.4, 0.5) is 0 Å². The zero-order chi connectivity index (χ0) is 12.6. The Balaban J connectivity index is 2.04.